The van der Waals surface area contributed by atoms with Gasteiger partial charge in [-0.3, -0.25) is 0 Å². The third-order valence-electron chi connectivity index (χ3n) is 3.92. The minimum atomic E-state index is -0.175. The summed E-state index contributed by atoms with van der Waals surface area (Å²) >= 11 is 1.77. The molecule has 0 spiro atoms. The molecule has 0 atom stereocenters. The molecule has 2 aliphatic heterocycles. The van der Waals surface area contributed by atoms with Crippen molar-refractivity contribution in [1.82, 2.24) is 4.98 Å². The number of ether oxygens (including phenoxy) is 2. The van der Waals surface area contributed by atoms with Gasteiger partial charge in [0.2, 0.25) is 0 Å². The van der Waals surface area contributed by atoms with Crippen molar-refractivity contribution in [3.05, 3.63) is 15.6 Å². The largest absolute Gasteiger partial charge is 0.395 e. The molecule has 1 aromatic rings. The quantitative estimate of drug-likeness (QED) is 0.905. The Labute approximate surface area is 111 Å². The molecule has 2 fully saturated rings. The van der Waals surface area contributed by atoms with Gasteiger partial charge in [-0.25, -0.2) is 4.98 Å². The van der Waals surface area contributed by atoms with Crippen LogP contribution in [0.5, 0.6) is 0 Å². The Morgan fingerprint density at radius 3 is 2.61 bits per heavy atom. The molecule has 0 radical (unpaired) electrons. The first kappa shape index (κ1) is 12.5. The van der Waals surface area contributed by atoms with Crippen LogP contribution in [0.15, 0.2) is 0 Å². The first-order valence-electron chi connectivity index (χ1n) is 6.49. The number of aliphatic hydroxyl groups excluding tert-OH is 1. The molecule has 5 heteroatoms. The lowest BCUT2D eigenvalue weighted by molar-refractivity contribution is -0.0827. The molecule has 100 valence electrons. The molecule has 4 nitrogen and oxygen atoms in total. The molecule has 3 heterocycles. The number of thiazole rings is 1. The van der Waals surface area contributed by atoms with Crippen molar-refractivity contribution in [2.45, 2.75) is 31.1 Å². The van der Waals surface area contributed by atoms with Gasteiger partial charge in [-0.15, -0.1) is 11.3 Å². The molecule has 0 unspecified atom stereocenters. The fourth-order valence-electron chi connectivity index (χ4n) is 2.67. The molecular weight excluding hydrogens is 250 g/mol. The molecule has 18 heavy (non-hydrogen) atoms. The highest BCUT2D eigenvalue weighted by Gasteiger charge is 2.43. The summed E-state index contributed by atoms with van der Waals surface area (Å²) in [6.07, 6.45) is 2.13. The van der Waals surface area contributed by atoms with E-state index in [2.05, 4.69) is 0 Å². The number of rotatable bonds is 3. The third-order valence-corrected chi connectivity index (χ3v) is 5.49. The second kappa shape index (κ2) is 4.89. The molecule has 0 amide bonds. The lowest BCUT2D eigenvalue weighted by atomic mass is 9.84. The van der Waals surface area contributed by atoms with Crippen LogP contribution >= 0.6 is 11.3 Å². The summed E-state index contributed by atoms with van der Waals surface area (Å²) in [7, 11) is 0. The highest BCUT2D eigenvalue weighted by Crippen LogP contribution is 2.40. The van der Waals surface area contributed by atoms with Gasteiger partial charge in [-0.1, -0.05) is 0 Å². The number of nitrogens with zero attached hydrogens (tertiary/aromatic N) is 1. The van der Waals surface area contributed by atoms with E-state index in [1.807, 2.05) is 6.92 Å². The van der Waals surface area contributed by atoms with Crippen molar-refractivity contribution in [1.29, 1.82) is 0 Å². The average Bonchev–Trinajstić information content (AvgIpc) is 2.73. The maximum Gasteiger partial charge on any atom is 0.0963 e. The van der Waals surface area contributed by atoms with Gasteiger partial charge in [0, 0.05) is 24.0 Å². The number of aromatic nitrogens is 1. The SMILES string of the molecule is Cc1nc(C2CCOCC2)sc1C1(CO)COC1. The first-order chi connectivity index (χ1) is 8.75. The van der Waals surface area contributed by atoms with Gasteiger partial charge in [0.1, 0.15) is 0 Å². The minimum absolute atomic E-state index is 0.156. The van der Waals surface area contributed by atoms with Gasteiger partial charge in [-0.2, -0.15) is 0 Å². The Morgan fingerprint density at radius 1 is 1.33 bits per heavy atom. The Balaban J connectivity index is 1.85. The van der Waals surface area contributed by atoms with Gasteiger partial charge >= 0.3 is 0 Å². The predicted octanol–water partition coefficient (Wildman–Crippen LogP) is 1.61. The van der Waals surface area contributed by atoms with Gasteiger partial charge < -0.3 is 14.6 Å². The van der Waals surface area contributed by atoms with Crippen molar-refractivity contribution in [2.75, 3.05) is 33.0 Å². The van der Waals surface area contributed by atoms with Crippen LogP contribution in [0.3, 0.4) is 0 Å². The van der Waals surface area contributed by atoms with Crippen LogP contribution < -0.4 is 0 Å². The van der Waals surface area contributed by atoms with E-state index in [0.717, 1.165) is 31.7 Å². The number of aliphatic hydroxyl groups is 1. The minimum Gasteiger partial charge on any atom is -0.395 e. The normalized spacial score (nSPS) is 23.9. The molecule has 2 saturated heterocycles. The Kier molecular flexibility index (Phi) is 3.40. The number of hydrogen-bond acceptors (Lipinski definition) is 5. The Bertz CT molecular complexity index is 416. The zero-order chi connectivity index (χ0) is 12.6. The van der Waals surface area contributed by atoms with Crippen molar-refractivity contribution < 1.29 is 14.6 Å². The van der Waals surface area contributed by atoms with E-state index in [1.165, 1.54) is 9.88 Å². The summed E-state index contributed by atoms with van der Waals surface area (Å²) in [5.74, 6) is 0.535. The fourth-order valence-corrected chi connectivity index (χ4v) is 4.06. The Morgan fingerprint density at radius 2 is 2.06 bits per heavy atom. The van der Waals surface area contributed by atoms with Gasteiger partial charge in [0.05, 0.1) is 35.9 Å². The second-order valence-electron chi connectivity index (χ2n) is 5.28. The molecule has 0 aromatic carbocycles. The van der Waals surface area contributed by atoms with Crippen LogP contribution in [0.25, 0.3) is 0 Å². The van der Waals surface area contributed by atoms with Crippen LogP contribution in [0.4, 0.5) is 0 Å². The maximum atomic E-state index is 9.61. The van der Waals surface area contributed by atoms with Crippen molar-refractivity contribution in [2.24, 2.45) is 0 Å². The lowest BCUT2D eigenvalue weighted by Gasteiger charge is -2.39. The van der Waals surface area contributed by atoms with Crippen LogP contribution in [0.1, 0.15) is 34.3 Å². The summed E-state index contributed by atoms with van der Waals surface area (Å²) < 4.78 is 10.7. The molecule has 0 aliphatic carbocycles. The van der Waals surface area contributed by atoms with Crippen molar-refractivity contribution in [3.63, 3.8) is 0 Å². The average molecular weight is 269 g/mol. The summed E-state index contributed by atoms with van der Waals surface area (Å²) in [6.45, 7) is 5.13. The van der Waals surface area contributed by atoms with Gasteiger partial charge in [0.15, 0.2) is 0 Å². The molecule has 0 bridgehead atoms. The van der Waals surface area contributed by atoms with Crippen molar-refractivity contribution >= 4 is 11.3 Å². The Hall–Kier alpha value is -0.490. The van der Waals surface area contributed by atoms with Gasteiger partial charge in [-0.05, 0) is 19.8 Å². The van der Waals surface area contributed by atoms with Crippen molar-refractivity contribution in [3.8, 4) is 0 Å². The standard InChI is InChI=1S/C13H19NO3S/c1-9-11(13(6-15)7-17-8-13)18-12(14-9)10-2-4-16-5-3-10/h10,15H,2-8H2,1H3. The highest BCUT2D eigenvalue weighted by atomic mass is 32.1. The van der Waals surface area contributed by atoms with E-state index >= 15 is 0 Å². The highest BCUT2D eigenvalue weighted by molar-refractivity contribution is 7.12. The predicted molar refractivity (Wildman–Crippen MR) is 69.2 cm³/mol. The molecule has 0 saturated carbocycles. The zero-order valence-electron chi connectivity index (χ0n) is 10.6. The van der Waals surface area contributed by atoms with Crippen LogP contribution in [0, 0.1) is 6.92 Å². The van der Waals surface area contributed by atoms with E-state index in [-0.39, 0.29) is 12.0 Å². The zero-order valence-corrected chi connectivity index (χ0v) is 11.5. The van der Waals surface area contributed by atoms with Crippen LogP contribution in [0.2, 0.25) is 0 Å². The summed E-state index contributed by atoms with van der Waals surface area (Å²) in [6, 6.07) is 0. The fraction of sp³-hybridized carbons (Fsp3) is 0.769. The topological polar surface area (TPSA) is 51.6 Å². The summed E-state index contributed by atoms with van der Waals surface area (Å²) in [4.78, 5) is 5.95. The third kappa shape index (κ3) is 1.99. The van der Waals surface area contributed by atoms with E-state index in [9.17, 15) is 5.11 Å². The van der Waals surface area contributed by atoms with E-state index in [4.69, 9.17) is 14.5 Å². The van der Waals surface area contributed by atoms with E-state index in [0.29, 0.717) is 19.1 Å². The maximum absolute atomic E-state index is 9.61. The summed E-state index contributed by atoms with van der Waals surface area (Å²) in [5, 5.41) is 10.8. The summed E-state index contributed by atoms with van der Waals surface area (Å²) in [5.41, 5.74) is 0.893. The monoisotopic (exact) mass is 269 g/mol. The first-order valence-corrected chi connectivity index (χ1v) is 7.31. The number of aryl methyl sites for hydroxylation is 1. The molecule has 1 N–H and O–H groups in total. The smallest absolute Gasteiger partial charge is 0.0963 e. The molecule has 3 rings (SSSR count). The lowest BCUT2D eigenvalue weighted by Crippen LogP contribution is -2.49. The molecule has 2 aliphatic rings. The molecule has 1 aromatic heterocycles. The van der Waals surface area contributed by atoms with Gasteiger partial charge in [0.25, 0.3) is 0 Å². The number of hydrogen-bond donors (Lipinski definition) is 1. The molecular formula is C13H19NO3S. The van der Waals surface area contributed by atoms with E-state index < -0.39 is 0 Å². The second-order valence-corrected chi connectivity index (χ2v) is 6.32. The van der Waals surface area contributed by atoms with Crippen LogP contribution in [-0.2, 0) is 14.9 Å². The van der Waals surface area contributed by atoms with Crippen LogP contribution in [-0.4, -0.2) is 43.1 Å². The van der Waals surface area contributed by atoms with E-state index in [1.54, 1.807) is 11.3 Å².